The van der Waals surface area contributed by atoms with Gasteiger partial charge < -0.3 is 35.4 Å². The van der Waals surface area contributed by atoms with Crippen molar-refractivity contribution < 1.29 is 39.2 Å². The number of allylic oxidation sites excluding steroid dienone is 1. The van der Waals surface area contributed by atoms with Gasteiger partial charge in [-0.25, -0.2) is 4.79 Å². The van der Waals surface area contributed by atoms with E-state index < -0.39 is 52.9 Å². The second-order valence-electron chi connectivity index (χ2n) is 11.2. The Labute approximate surface area is 262 Å². The summed E-state index contributed by atoms with van der Waals surface area (Å²) in [6.07, 6.45) is -0.0196. The van der Waals surface area contributed by atoms with E-state index in [9.17, 15) is 29.7 Å². The lowest BCUT2D eigenvalue weighted by atomic mass is 9.69. The van der Waals surface area contributed by atoms with Crippen LogP contribution < -0.4 is 10.6 Å². The molecule has 2 bridgehead atoms. The average molecular weight is 625 g/mol. The normalized spacial score (nSPS) is 26.2. The lowest BCUT2D eigenvalue weighted by Crippen LogP contribution is -2.55. The van der Waals surface area contributed by atoms with E-state index in [0.29, 0.717) is 11.3 Å². The number of epoxide rings is 1. The summed E-state index contributed by atoms with van der Waals surface area (Å²) in [7, 11) is 0. The number of anilines is 1. The summed E-state index contributed by atoms with van der Waals surface area (Å²) in [5.74, 6) is 4.87. The number of fused-ring (bicyclic) bond motifs is 4. The van der Waals surface area contributed by atoms with Gasteiger partial charge in [0.1, 0.15) is 24.5 Å². The van der Waals surface area contributed by atoms with Gasteiger partial charge in [-0.2, -0.15) is 0 Å². The third-order valence-electron chi connectivity index (χ3n) is 8.71. The zero-order valence-corrected chi connectivity index (χ0v) is 24.8. The highest BCUT2D eigenvalue weighted by atomic mass is 32.2. The van der Waals surface area contributed by atoms with Crippen LogP contribution in [-0.4, -0.2) is 69.2 Å². The number of hydrogen-bond donors (Lipinski definition) is 5. The maximum Gasteiger partial charge on any atom is 0.407 e. The summed E-state index contributed by atoms with van der Waals surface area (Å²) in [4.78, 5) is 41.2. The summed E-state index contributed by atoms with van der Waals surface area (Å²) < 4.78 is 11.4. The van der Waals surface area contributed by atoms with Crippen molar-refractivity contribution >= 4 is 35.1 Å². The van der Waals surface area contributed by atoms with E-state index in [2.05, 4.69) is 22.5 Å². The van der Waals surface area contributed by atoms with Crippen LogP contribution in [0.2, 0.25) is 0 Å². The number of benzene rings is 3. The van der Waals surface area contributed by atoms with E-state index in [4.69, 9.17) is 9.47 Å². The number of alkyl carbamates (subject to hydrolysis) is 1. The number of ketones is 2. The molecule has 1 saturated heterocycles. The zero-order chi connectivity index (χ0) is 31.5. The largest absolute Gasteiger partial charge is 0.507 e. The molecule has 7 rings (SSSR count). The summed E-state index contributed by atoms with van der Waals surface area (Å²) in [5.41, 5.74) is -1.85. The lowest BCUT2D eigenvalue weighted by molar-refractivity contribution is 0.0866. The number of aromatic hydroxyl groups is 1. The van der Waals surface area contributed by atoms with Crippen molar-refractivity contribution in [1.82, 2.24) is 5.32 Å². The predicted octanol–water partition coefficient (Wildman–Crippen LogP) is 3.26. The SMILES string of the molecule is C[C@@H](O)[C@@]12O[C@]13c1cc(O)c4c(c1N[C@H]2C#C/C=C\[C@H]3O)C(=O)c1ccc(CNC(=O)OCCSc2ccccc2)cc1C4=O. The lowest BCUT2D eigenvalue weighted by Gasteiger charge is -2.38. The van der Waals surface area contributed by atoms with Crippen LogP contribution in [0.25, 0.3) is 0 Å². The second kappa shape index (κ2) is 10.8. The molecule has 2 heterocycles. The number of carbonyl (C=O) groups excluding carboxylic acids is 3. The molecular formula is C34H28N2O8S. The molecule has 0 saturated carbocycles. The van der Waals surface area contributed by atoms with E-state index in [-0.39, 0.29) is 46.7 Å². The van der Waals surface area contributed by atoms with Crippen molar-refractivity contribution in [2.45, 2.75) is 47.8 Å². The van der Waals surface area contributed by atoms with E-state index in [0.717, 1.165) is 4.90 Å². The number of ether oxygens (including phenoxy) is 2. The van der Waals surface area contributed by atoms with Crippen LogP contribution in [0.4, 0.5) is 10.5 Å². The van der Waals surface area contributed by atoms with E-state index >= 15 is 0 Å². The molecule has 5 atom stereocenters. The highest BCUT2D eigenvalue weighted by Gasteiger charge is 2.82. The summed E-state index contributed by atoms with van der Waals surface area (Å²) >= 11 is 1.57. The Hall–Kier alpha value is -4.60. The van der Waals surface area contributed by atoms with Crippen LogP contribution in [-0.2, 0) is 21.6 Å². The molecule has 45 heavy (non-hydrogen) atoms. The Balaban J connectivity index is 1.13. The fourth-order valence-electron chi connectivity index (χ4n) is 6.63. The number of phenolic OH excluding ortho intramolecular Hbond substituents is 1. The first kappa shape index (κ1) is 29.1. The van der Waals surface area contributed by atoms with Crippen LogP contribution in [0, 0.1) is 11.8 Å². The summed E-state index contributed by atoms with van der Waals surface area (Å²) in [6, 6.07) is 14.9. The zero-order valence-electron chi connectivity index (χ0n) is 24.0. The number of thioether (sulfide) groups is 1. The highest BCUT2D eigenvalue weighted by molar-refractivity contribution is 7.99. The minimum atomic E-state index is -1.50. The quantitative estimate of drug-likeness (QED) is 0.0680. The smallest absolute Gasteiger partial charge is 0.407 e. The van der Waals surface area contributed by atoms with Crippen LogP contribution in [0.3, 0.4) is 0 Å². The van der Waals surface area contributed by atoms with Crippen LogP contribution in [0.1, 0.15) is 49.9 Å². The third-order valence-corrected chi connectivity index (χ3v) is 9.69. The van der Waals surface area contributed by atoms with Gasteiger partial charge in [-0.3, -0.25) is 9.59 Å². The Morgan fingerprint density at radius 1 is 1.13 bits per heavy atom. The summed E-state index contributed by atoms with van der Waals surface area (Å²) in [6.45, 7) is 1.79. The fraction of sp³-hybridized carbons (Fsp3) is 0.265. The van der Waals surface area contributed by atoms with Gasteiger partial charge >= 0.3 is 6.09 Å². The van der Waals surface area contributed by atoms with E-state index in [1.54, 1.807) is 17.8 Å². The molecule has 2 aliphatic carbocycles. The van der Waals surface area contributed by atoms with Crippen LogP contribution in [0.5, 0.6) is 5.75 Å². The fourth-order valence-corrected chi connectivity index (χ4v) is 7.38. The molecule has 1 fully saturated rings. The van der Waals surface area contributed by atoms with Gasteiger partial charge in [0.15, 0.2) is 22.8 Å². The number of rotatable bonds is 7. The Bertz CT molecular complexity index is 1860. The summed E-state index contributed by atoms with van der Waals surface area (Å²) in [5, 5.41) is 39.0. The maximum absolute atomic E-state index is 14.0. The average Bonchev–Trinajstić information content (AvgIpc) is 3.76. The molecular weight excluding hydrogens is 596 g/mol. The first-order valence-corrected chi connectivity index (χ1v) is 15.4. The first-order valence-electron chi connectivity index (χ1n) is 14.4. The molecule has 5 N–H and O–H groups in total. The number of carbonyl (C=O) groups is 3. The number of aliphatic hydroxyl groups is 2. The molecule has 10 nitrogen and oxygen atoms in total. The molecule has 3 aromatic rings. The molecule has 0 unspecified atom stereocenters. The van der Waals surface area contributed by atoms with Gasteiger partial charge in [-0.15, -0.1) is 11.8 Å². The third kappa shape index (κ3) is 4.36. The Kier molecular flexibility index (Phi) is 6.98. The van der Waals surface area contributed by atoms with Gasteiger partial charge in [-0.05, 0) is 55.0 Å². The number of amides is 1. The Morgan fingerprint density at radius 3 is 2.69 bits per heavy atom. The molecule has 1 amide bonds. The molecule has 2 aliphatic heterocycles. The molecule has 4 aliphatic rings. The molecule has 0 radical (unpaired) electrons. The minimum absolute atomic E-state index is 0.0526. The predicted molar refractivity (Wildman–Crippen MR) is 164 cm³/mol. The Morgan fingerprint density at radius 2 is 1.91 bits per heavy atom. The first-order chi connectivity index (χ1) is 21.7. The second-order valence-corrected chi connectivity index (χ2v) is 12.4. The van der Waals surface area contributed by atoms with Crippen LogP contribution in [0.15, 0.2) is 71.6 Å². The van der Waals surface area contributed by atoms with Gasteiger partial charge in [0.25, 0.3) is 0 Å². The molecule has 228 valence electrons. The minimum Gasteiger partial charge on any atom is -0.507 e. The van der Waals surface area contributed by atoms with Crippen molar-refractivity contribution in [3.8, 4) is 17.6 Å². The van der Waals surface area contributed by atoms with E-state index in [1.165, 1.54) is 37.3 Å². The topological polar surface area (TPSA) is 158 Å². The standard InChI is InChI=1S/C34H28N2O8S/c1-18(37)33-25-9-5-6-10-26(39)34(33,44-33)23-16-24(38)27-28(29(23)36-25)30(40)21-12-11-19(15-22(21)31(27)41)17-35-32(42)43-13-14-45-20-7-3-2-4-8-20/h2-4,6-8,10-12,15-16,18,25-26,36-39H,13-14,17H2,1H3,(H,35,42)/b10-6-/t18-,25+,26-,33+,34+/m1/s1. The van der Waals surface area contributed by atoms with Crippen molar-refractivity contribution in [1.29, 1.82) is 0 Å². The van der Waals surface area contributed by atoms with Gasteiger partial charge in [0.05, 0.1) is 22.9 Å². The van der Waals surface area contributed by atoms with Gasteiger partial charge in [0, 0.05) is 33.9 Å². The maximum atomic E-state index is 14.0. The van der Waals surface area contributed by atoms with Gasteiger partial charge in [0.2, 0.25) is 0 Å². The molecule has 3 aromatic carbocycles. The number of aliphatic hydroxyl groups excluding tert-OH is 2. The van der Waals surface area contributed by atoms with Gasteiger partial charge in [-0.1, -0.05) is 36.1 Å². The number of phenols is 1. The molecule has 11 heteroatoms. The number of hydrogen-bond acceptors (Lipinski definition) is 10. The van der Waals surface area contributed by atoms with Crippen LogP contribution >= 0.6 is 11.8 Å². The highest BCUT2D eigenvalue weighted by Crippen LogP contribution is 2.67. The van der Waals surface area contributed by atoms with Crippen molar-refractivity contribution in [3.05, 3.63) is 100 Å². The number of nitrogens with one attached hydrogen (secondary N) is 2. The van der Waals surface area contributed by atoms with E-state index in [1.807, 2.05) is 30.3 Å². The molecule has 0 aromatic heterocycles. The van der Waals surface area contributed by atoms with Crippen molar-refractivity contribution in [2.24, 2.45) is 0 Å². The molecule has 0 spiro atoms. The monoisotopic (exact) mass is 624 g/mol. The van der Waals surface area contributed by atoms with Crippen molar-refractivity contribution in [2.75, 3.05) is 17.7 Å². The van der Waals surface area contributed by atoms with Crippen molar-refractivity contribution in [3.63, 3.8) is 0 Å².